The van der Waals surface area contributed by atoms with E-state index in [-0.39, 0.29) is 5.56 Å². The van der Waals surface area contributed by atoms with Gasteiger partial charge in [0.15, 0.2) is 0 Å². The van der Waals surface area contributed by atoms with E-state index in [9.17, 15) is 8.78 Å². The van der Waals surface area contributed by atoms with Crippen LogP contribution in [0.2, 0.25) is 0 Å². The third kappa shape index (κ3) is 1.72. The maximum Gasteiger partial charge on any atom is 0.135 e. The van der Waals surface area contributed by atoms with Crippen LogP contribution in [0.15, 0.2) is 30.5 Å². The van der Waals surface area contributed by atoms with Gasteiger partial charge in [-0.15, -0.1) is 0 Å². The summed E-state index contributed by atoms with van der Waals surface area (Å²) in [7, 11) is 0. The van der Waals surface area contributed by atoms with Crippen LogP contribution < -0.4 is 0 Å². The number of nitriles is 1. The number of hydrogen-bond acceptors (Lipinski definition) is 1. The minimum atomic E-state index is -0.652. The van der Waals surface area contributed by atoms with Gasteiger partial charge in [-0.25, -0.2) is 8.78 Å². The van der Waals surface area contributed by atoms with Crippen molar-refractivity contribution in [3.05, 3.63) is 47.7 Å². The highest BCUT2D eigenvalue weighted by molar-refractivity contribution is 5.62. The van der Waals surface area contributed by atoms with Crippen LogP contribution in [0.5, 0.6) is 0 Å². The molecule has 0 saturated heterocycles. The van der Waals surface area contributed by atoms with Gasteiger partial charge in [-0.2, -0.15) is 5.26 Å². The molecule has 0 bridgehead atoms. The Bertz CT molecular complexity index is 538. The molecule has 2 aromatic rings. The number of benzene rings is 1. The minimum Gasteiger partial charge on any atom is -0.360 e. The summed E-state index contributed by atoms with van der Waals surface area (Å²) >= 11 is 0. The Kier molecular flexibility index (Phi) is 2.22. The average molecular weight is 204 g/mol. The Balaban J connectivity index is 2.50. The van der Waals surface area contributed by atoms with E-state index < -0.39 is 11.6 Å². The topological polar surface area (TPSA) is 39.6 Å². The minimum absolute atomic E-state index is 0.248. The van der Waals surface area contributed by atoms with Gasteiger partial charge in [0.05, 0.1) is 5.56 Å². The van der Waals surface area contributed by atoms with Crippen molar-refractivity contribution in [2.75, 3.05) is 0 Å². The van der Waals surface area contributed by atoms with Gasteiger partial charge < -0.3 is 4.98 Å². The molecule has 1 heterocycles. The molecule has 0 aliphatic heterocycles. The molecule has 0 saturated carbocycles. The zero-order valence-corrected chi connectivity index (χ0v) is 7.59. The molecular weight excluding hydrogens is 198 g/mol. The van der Waals surface area contributed by atoms with Gasteiger partial charge >= 0.3 is 0 Å². The van der Waals surface area contributed by atoms with Crippen LogP contribution in [0.4, 0.5) is 8.78 Å². The van der Waals surface area contributed by atoms with E-state index >= 15 is 0 Å². The highest BCUT2D eigenvalue weighted by atomic mass is 19.1. The normalized spacial score (nSPS) is 9.93. The molecule has 1 aromatic heterocycles. The summed E-state index contributed by atoms with van der Waals surface area (Å²) in [5.74, 6) is -1.27. The van der Waals surface area contributed by atoms with E-state index in [1.54, 1.807) is 0 Å². The second-order valence-corrected chi connectivity index (χ2v) is 3.04. The second-order valence-electron chi connectivity index (χ2n) is 3.04. The average Bonchev–Trinajstić information content (AvgIpc) is 2.66. The van der Waals surface area contributed by atoms with Crippen molar-refractivity contribution in [3.8, 4) is 17.3 Å². The lowest BCUT2D eigenvalue weighted by atomic mass is 10.1. The molecule has 0 radical (unpaired) electrons. The Morgan fingerprint density at radius 3 is 2.60 bits per heavy atom. The molecule has 0 spiro atoms. The molecule has 0 atom stereocenters. The van der Waals surface area contributed by atoms with Crippen molar-refractivity contribution in [1.29, 1.82) is 5.26 Å². The summed E-state index contributed by atoms with van der Waals surface area (Å²) in [4.78, 5) is 2.75. The Morgan fingerprint density at radius 2 is 2.00 bits per heavy atom. The van der Waals surface area contributed by atoms with E-state index in [0.29, 0.717) is 11.3 Å². The van der Waals surface area contributed by atoms with Crippen LogP contribution in [0, 0.1) is 23.0 Å². The van der Waals surface area contributed by atoms with Gasteiger partial charge in [0.1, 0.15) is 17.7 Å². The SMILES string of the molecule is N#Cc1c[nH]c(-c2ccc(F)cc2F)c1. The largest absolute Gasteiger partial charge is 0.360 e. The Morgan fingerprint density at radius 1 is 1.20 bits per heavy atom. The molecule has 0 aliphatic carbocycles. The summed E-state index contributed by atoms with van der Waals surface area (Å²) in [6.07, 6.45) is 1.47. The van der Waals surface area contributed by atoms with Gasteiger partial charge in [0.2, 0.25) is 0 Å². The highest BCUT2D eigenvalue weighted by Crippen LogP contribution is 2.22. The predicted molar refractivity (Wildman–Crippen MR) is 50.9 cm³/mol. The predicted octanol–water partition coefficient (Wildman–Crippen LogP) is 2.83. The van der Waals surface area contributed by atoms with Crippen LogP contribution >= 0.6 is 0 Å². The van der Waals surface area contributed by atoms with Gasteiger partial charge in [0, 0.05) is 23.5 Å². The van der Waals surface area contributed by atoms with Crippen LogP contribution in [-0.4, -0.2) is 4.98 Å². The number of H-pyrrole nitrogens is 1. The molecule has 4 heteroatoms. The second kappa shape index (κ2) is 3.54. The fourth-order valence-corrected chi connectivity index (χ4v) is 1.32. The van der Waals surface area contributed by atoms with Crippen molar-refractivity contribution < 1.29 is 8.78 Å². The number of halogens is 2. The Hall–Kier alpha value is -2.15. The van der Waals surface area contributed by atoms with Gasteiger partial charge in [-0.1, -0.05) is 0 Å². The zero-order chi connectivity index (χ0) is 10.8. The van der Waals surface area contributed by atoms with E-state index in [0.717, 1.165) is 6.07 Å². The van der Waals surface area contributed by atoms with E-state index in [4.69, 9.17) is 5.26 Å². The zero-order valence-electron chi connectivity index (χ0n) is 7.59. The van der Waals surface area contributed by atoms with Gasteiger partial charge in [0.25, 0.3) is 0 Å². The molecule has 0 aliphatic rings. The van der Waals surface area contributed by atoms with Crippen molar-refractivity contribution in [2.45, 2.75) is 0 Å². The number of hydrogen-bond donors (Lipinski definition) is 1. The molecule has 1 aromatic carbocycles. The maximum absolute atomic E-state index is 13.3. The molecule has 0 fully saturated rings. The summed E-state index contributed by atoms with van der Waals surface area (Å²) in [6.45, 7) is 0. The van der Waals surface area contributed by atoms with E-state index in [1.165, 1.54) is 24.4 Å². The van der Waals surface area contributed by atoms with Crippen LogP contribution in [0.1, 0.15) is 5.56 Å². The van der Waals surface area contributed by atoms with Crippen molar-refractivity contribution in [3.63, 3.8) is 0 Å². The molecule has 0 amide bonds. The van der Waals surface area contributed by atoms with Crippen molar-refractivity contribution in [1.82, 2.24) is 4.98 Å². The lowest BCUT2D eigenvalue weighted by molar-refractivity contribution is 0.585. The van der Waals surface area contributed by atoms with Gasteiger partial charge in [-0.3, -0.25) is 0 Å². The third-order valence-electron chi connectivity index (χ3n) is 2.03. The standard InChI is InChI=1S/C11H6F2N2/c12-8-1-2-9(10(13)4-8)11-3-7(5-14)6-15-11/h1-4,6,15H. The fraction of sp³-hybridized carbons (Fsp3) is 0. The first-order valence-corrected chi connectivity index (χ1v) is 4.24. The quantitative estimate of drug-likeness (QED) is 0.762. The number of rotatable bonds is 1. The molecule has 2 nitrogen and oxygen atoms in total. The third-order valence-corrected chi connectivity index (χ3v) is 2.03. The monoisotopic (exact) mass is 204 g/mol. The molecule has 1 N–H and O–H groups in total. The number of aromatic nitrogens is 1. The summed E-state index contributed by atoms with van der Waals surface area (Å²) in [5.41, 5.74) is 1.12. The van der Waals surface area contributed by atoms with Crippen molar-refractivity contribution in [2.24, 2.45) is 0 Å². The number of nitrogens with zero attached hydrogens (tertiary/aromatic N) is 1. The summed E-state index contributed by atoms with van der Waals surface area (Å²) in [6, 6.07) is 6.74. The van der Waals surface area contributed by atoms with Crippen LogP contribution in [-0.2, 0) is 0 Å². The van der Waals surface area contributed by atoms with E-state index in [1.807, 2.05) is 6.07 Å². The molecular formula is C11H6F2N2. The van der Waals surface area contributed by atoms with Crippen LogP contribution in [0.3, 0.4) is 0 Å². The summed E-state index contributed by atoms with van der Waals surface area (Å²) < 4.78 is 25.9. The molecule has 15 heavy (non-hydrogen) atoms. The number of nitrogens with one attached hydrogen (secondary N) is 1. The first-order chi connectivity index (χ1) is 7.20. The number of aromatic amines is 1. The smallest absolute Gasteiger partial charge is 0.135 e. The molecule has 0 unspecified atom stereocenters. The van der Waals surface area contributed by atoms with E-state index in [2.05, 4.69) is 4.98 Å². The molecule has 74 valence electrons. The maximum atomic E-state index is 13.3. The lowest BCUT2D eigenvalue weighted by Crippen LogP contribution is -1.85. The lowest BCUT2D eigenvalue weighted by Gasteiger charge is -1.99. The van der Waals surface area contributed by atoms with Crippen molar-refractivity contribution >= 4 is 0 Å². The first kappa shape index (κ1) is 9.41. The molecule has 2 rings (SSSR count). The van der Waals surface area contributed by atoms with Crippen LogP contribution in [0.25, 0.3) is 11.3 Å². The first-order valence-electron chi connectivity index (χ1n) is 4.24. The summed E-state index contributed by atoms with van der Waals surface area (Å²) in [5, 5.41) is 8.59. The van der Waals surface area contributed by atoms with Gasteiger partial charge in [-0.05, 0) is 18.2 Å². The fourth-order valence-electron chi connectivity index (χ4n) is 1.32. The highest BCUT2D eigenvalue weighted by Gasteiger charge is 2.08. The Labute approximate surface area is 84.8 Å².